The number of aliphatic imine (C=N–C) groups is 1. The molecular formula is C18H35IN4O2S. The van der Waals surface area contributed by atoms with Gasteiger partial charge in [-0.25, -0.2) is 4.98 Å². The van der Waals surface area contributed by atoms with Gasteiger partial charge < -0.3 is 19.7 Å². The highest BCUT2D eigenvalue weighted by molar-refractivity contribution is 14.0. The molecule has 0 bridgehead atoms. The van der Waals surface area contributed by atoms with Gasteiger partial charge in [-0.05, 0) is 26.2 Å². The van der Waals surface area contributed by atoms with E-state index in [0.717, 1.165) is 55.9 Å². The summed E-state index contributed by atoms with van der Waals surface area (Å²) in [6.45, 7) is 12.3. The van der Waals surface area contributed by atoms with Crippen LogP contribution in [0.1, 0.15) is 50.9 Å². The highest BCUT2D eigenvalue weighted by atomic mass is 127. The topological polar surface area (TPSA) is 59.0 Å². The molecule has 0 aromatic carbocycles. The van der Waals surface area contributed by atoms with Gasteiger partial charge in [0, 0.05) is 45.8 Å². The third-order valence-corrected chi connectivity index (χ3v) is 4.58. The van der Waals surface area contributed by atoms with E-state index in [4.69, 9.17) is 9.47 Å². The normalized spacial score (nSPS) is 12.8. The van der Waals surface area contributed by atoms with E-state index in [1.807, 2.05) is 14.0 Å². The van der Waals surface area contributed by atoms with Crippen LogP contribution in [0, 0.1) is 5.92 Å². The lowest BCUT2D eigenvalue weighted by molar-refractivity contribution is 0.109. The Morgan fingerprint density at radius 2 is 2.12 bits per heavy atom. The number of nitrogens with zero attached hydrogens (tertiary/aromatic N) is 3. The smallest absolute Gasteiger partial charge is 0.194 e. The van der Waals surface area contributed by atoms with Crippen LogP contribution < -0.4 is 5.32 Å². The molecule has 0 amide bonds. The lowest BCUT2D eigenvalue weighted by atomic mass is 10.2. The number of hydrogen-bond donors (Lipinski definition) is 1. The fourth-order valence-corrected chi connectivity index (χ4v) is 2.98. The van der Waals surface area contributed by atoms with Crippen molar-refractivity contribution in [1.29, 1.82) is 0 Å². The summed E-state index contributed by atoms with van der Waals surface area (Å²) < 4.78 is 10.9. The second kappa shape index (κ2) is 14.6. The molecule has 1 rings (SSSR count). The fourth-order valence-electron chi connectivity index (χ4n) is 2.14. The van der Waals surface area contributed by atoms with E-state index < -0.39 is 0 Å². The molecule has 1 unspecified atom stereocenters. The van der Waals surface area contributed by atoms with Gasteiger partial charge in [-0.2, -0.15) is 0 Å². The number of nitrogens with one attached hydrogen (secondary N) is 1. The molecule has 1 atom stereocenters. The molecule has 0 spiro atoms. The van der Waals surface area contributed by atoms with Gasteiger partial charge in [0.1, 0.15) is 11.1 Å². The maximum atomic E-state index is 5.60. The Balaban J connectivity index is 0.00000625. The third-order valence-electron chi connectivity index (χ3n) is 3.53. The Kier molecular flexibility index (Phi) is 14.3. The summed E-state index contributed by atoms with van der Waals surface area (Å²) in [5.74, 6) is 1.48. The summed E-state index contributed by atoms with van der Waals surface area (Å²) in [6.07, 6.45) is 0.971. The lowest BCUT2D eigenvalue weighted by Gasteiger charge is -2.21. The van der Waals surface area contributed by atoms with E-state index in [-0.39, 0.29) is 30.1 Å². The van der Waals surface area contributed by atoms with Crippen LogP contribution in [-0.4, -0.2) is 56.3 Å². The number of hydrogen-bond acceptors (Lipinski definition) is 5. The Bertz CT molecular complexity index is 511. The molecule has 8 heteroatoms. The second-order valence-electron chi connectivity index (χ2n) is 6.47. The number of thiazole rings is 1. The minimum Gasteiger partial charge on any atom is -0.381 e. The van der Waals surface area contributed by atoms with E-state index in [2.05, 4.69) is 46.3 Å². The van der Waals surface area contributed by atoms with Gasteiger partial charge in [0.2, 0.25) is 0 Å². The van der Waals surface area contributed by atoms with E-state index in [1.54, 1.807) is 18.4 Å². The number of aromatic nitrogens is 1. The van der Waals surface area contributed by atoms with Crippen LogP contribution in [-0.2, 0) is 16.0 Å². The molecule has 1 N–H and O–H groups in total. The summed E-state index contributed by atoms with van der Waals surface area (Å²) in [4.78, 5) is 11.4. The van der Waals surface area contributed by atoms with Gasteiger partial charge in [0.25, 0.3) is 0 Å². The van der Waals surface area contributed by atoms with Crippen molar-refractivity contribution < 1.29 is 9.47 Å². The first kappa shape index (κ1) is 25.6. The Hall–Kier alpha value is -0.450. The number of methoxy groups -OCH3 is 1. The quantitative estimate of drug-likeness (QED) is 0.217. The van der Waals surface area contributed by atoms with Crippen molar-refractivity contribution >= 4 is 41.3 Å². The first-order chi connectivity index (χ1) is 12.0. The van der Waals surface area contributed by atoms with Crippen LogP contribution in [0.15, 0.2) is 10.4 Å². The van der Waals surface area contributed by atoms with Crippen molar-refractivity contribution in [2.75, 3.05) is 40.5 Å². The molecule has 6 nitrogen and oxygen atoms in total. The number of rotatable bonds is 11. The molecule has 0 radical (unpaired) electrons. The average molecular weight is 498 g/mol. The van der Waals surface area contributed by atoms with Gasteiger partial charge in [-0.15, -0.1) is 35.3 Å². The predicted octanol–water partition coefficient (Wildman–Crippen LogP) is 3.93. The van der Waals surface area contributed by atoms with Crippen molar-refractivity contribution in [3.05, 3.63) is 16.1 Å². The molecule has 0 aliphatic carbocycles. The van der Waals surface area contributed by atoms with Gasteiger partial charge in [-0.3, -0.25) is 4.99 Å². The van der Waals surface area contributed by atoms with E-state index in [9.17, 15) is 0 Å². The van der Waals surface area contributed by atoms with E-state index >= 15 is 0 Å². The van der Waals surface area contributed by atoms with Crippen molar-refractivity contribution in [2.24, 2.45) is 10.9 Å². The first-order valence-corrected chi connectivity index (χ1v) is 9.90. The second-order valence-corrected chi connectivity index (χ2v) is 7.36. The zero-order chi connectivity index (χ0) is 18.7. The average Bonchev–Trinajstić information content (AvgIpc) is 3.04. The van der Waals surface area contributed by atoms with Crippen LogP contribution in [0.2, 0.25) is 0 Å². The number of halogens is 1. The predicted molar refractivity (Wildman–Crippen MR) is 121 cm³/mol. The molecular weight excluding hydrogens is 463 g/mol. The van der Waals surface area contributed by atoms with Crippen molar-refractivity contribution in [3.8, 4) is 0 Å². The molecule has 1 aromatic rings. The number of guanidine groups is 1. The largest absolute Gasteiger partial charge is 0.381 e. The monoisotopic (exact) mass is 498 g/mol. The lowest BCUT2D eigenvalue weighted by Crippen LogP contribution is -2.38. The van der Waals surface area contributed by atoms with Crippen LogP contribution in [0.25, 0.3) is 0 Å². The van der Waals surface area contributed by atoms with Gasteiger partial charge >= 0.3 is 0 Å². The molecule has 1 heterocycles. The Labute approximate surface area is 179 Å². The zero-order valence-electron chi connectivity index (χ0n) is 16.9. The molecule has 152 valence electrons. The molecule has 0 fully saturated rings. The first-order valence-electron chi connectivity index (χ1n) is 9.02. The minimum absolute atomic E-state index is 0. The van der Waals surface area contributed by atoms with Crippen molar-refractivity contribution in [1.82, 2.24) is 15.2 Å². The summed E-state index contributed by atoms with van der Waals surface area (Å²) in [5, 5.41) is 6.44. The highest BCUT2D eigenvalue weighted by Crippen LogP contribution is 2.20. The van der Waals surface area contributed by atoms with Crippen LogP contribution >= 0.6 is 35.3 Å². The Morgan fingerprint density at radius 1 is 1.38 bits per heavy atom. The summed E-state index contributed by atoms with van der Waals surface area (Å²) >= 11 is 1.64. The molecule has 0 saturated heterocycles. The summed E-state index contributed by atoms with van der Waals surface area (Å²) in [5.41, 5.74) is 1.04. The maximum Gasteiger partial charge on any atom is 0.194 e. The van der Waals surface area contributed by atoms with E-state index in [0.29, 0.717) is 5.92 Å². The van der Waals surface area contributed by atoms with Crippen molar-refractivity contribution in [2.45, 2.75) is 46.8 Å². The summed E-state index contributed by atoms with van der Waals surface area (Å²) in [7, 11) is 3.74. The van der Waals surface area contributed by atoms with E-state index in [1.165, 1.54) is 0 Å². The summed E-state index contributed by atoms with van der Waals surface area (Å²) in [6, 6.07) is 0. The molecule has 26 heavy (non-hydrogen) atoms. The highest BCUT2D eigenvalue weighted by Gasteiger charge is 2.12. The third kappa shape index (κ3) is 10.0. The number of ether oxygens (including phenoxy) is 2. The SMILES string of the molecule is CCNC(=NCCCOCC(C)C)N(C)Cc1csc(C(C)OC)n1.I. The maximum absolute atomic E-state index is 5.60. The molecule has 0 saturated carbocycles. The molecule has 0 aliphatic heterocycles. The fraction of sp³-hybridized carbons (Fsp3) is 0.778. The van der Waals surface area contributed by atoms with Crippen LogP contribution in [0.4, 0.5) is 0 Å². The molecule has 1 aromatic heterocycles. The Morgan fingerprint density at radius 3 is 2.73 bits per heavy atom. The minimum atomic E-state index is 0. The van der Waals surface area contributed by atoms with Crippen LogP contribution in [0.3, 0.4) is 0 Å². The zero-order valence-corrected chi connectivity index (χ0v) is 20.1. The van der Waals surface area contributed by atoms with Crippen molar-refractivity contribution in [3.63, 3.8) is 0 Å². The van der Waals surface area contributed by atoms with Gasteiger partial charge in [-0.1, -0.05) is 13.8 Å². The van der Waals surface area contributed by atoms with Crippen LogP contribution in [0.5, 0.6) is 0 Å². The molecule has 0 aliphatic rings. The van der Waals surface area contributed by atoms with Gasteiger partial charge in [0.15, 0.2) is 5.96 Å². The standard InChI is InChI=1S/C18H34N4O2S.HI/c1-7-19-18(20-9-8-10-24-12-14(2)3)22(5)11-16-13-25-17(21-16)15(4)23-6;/h13-15H,7-12H2,1-6H3,(H,19,20);1H. The van der Waals surface area contributed by atoms with Gasteiger partial charge in [0.05, 0.1) is 12.2 Å².